The zero-order valence-electron chi connectivity index (χ0n) is 7.17. The summed E-state index contributed by atoms with van der Waals surface area (Å²) in [6.45, 7) is 1.92. The highest BCUT2D eigenvalue weighted by Crippen LogP contribution is 1.93. The summed E-state index contributed by atoms with van der Waals surface area (Å²) in [6, 6.07) is -0.967. The van der Waals surface area contributed by atoms with Gasteiger partial charge in [0, 0.05) is 6.54 Å². The number of ketones is 1. The molecule has 0 aliphatic heterocycles. The molecule has 2 amide bonds. The van der Waals surface area contributed by atoms with Gasteiger partial charge in [0.25, 0.3) is 0 Å². The van der Waals surface area contributed by atoms with Gasteiger partial charge in [-0.15, -0.1) is 0 Å². The predicted molar refractivity (Wildman–Crippen MR) is 45.5 cm³/mol. The van der Waals surface area contributed by atoms with Crippen LogP contribution in [0.5, 0.6) is 0 Å². The lowest BCUT2D eigenvalue weighted by atomic mass is 10.1. The number of rotatable bonds is 5. The van der Waals surface area contributed by atoms with Crippen LogP contribution < -0.4 is 16.8 Å². The number of carbonyl (C=O) groups excluding carboxylic acids is 2. The first kappa shape index (κ1) is 10.9. The summed E-state index contributed by atoms with van der Waals surface area (Å²) >= 11 is 0. The molecule has 12 heavy (non-hydrogen) atoms. The highest BCUT2D eigenvalue weighted by atomic mass is 16.2. The second-order valence-electron chi connectivity index (χ2n) is 2.65. The normalized spacial score (nSPS) is 12.2. The van der Waals surface area contributed by atoms with E-state index in [4.69, 9.17) is 11.5 Å². The molecule has 5 nitrogen and oxygen atoms in total. The lowest BCUT2D eigenvalue weighted by Crippen LogP contribution is -2.33. The largest absolute Gasteiger partial charge is 0.352 e. The van der Waals surface area contributed by atoms with Gasteiger partial charge in [0.15, 0.2) is 0 Å². The third kappa shape index (κ3) is 5.67. The highest BCUT2D eigenvalue weighted by molar-refractivity contribution is 5.81. The molecule has 0 aliphatic rings. The summed E-state index contributed by atoms with van der Waals surface area (Å²) in [5.41, 5.74) is 10.3. The van der Waals surface area contributed by atoms with Crippen molar-refractivity contribution in [3.8, 4) is 0 Å². The Morgan fingerprint density at radius 2 is 2.08 bits per heavy atom. The zero-order chi connectivity index (χ0) is 9.56. The fourth-order valence-corrected chi connectivity index (χ4v) is 0.737. The Morgan fingerprint density at radius 1 is 1.50 bits per heavy atom. The molecule has 0 spiro atoms. The van der Waals surface area contributed by atoms with Gasteiger partial charge in [-0.2, -0.15) is 0 Å². The van der Waals surface area contributed by atoms with Crippen LogP contribution in [0.4, 0.5) is 4.79 Å². The van der Waals surface area contributed by atoms with Crippen LogP contribution in [0.2, 0.25) is 0 Å². The summed E-state index contributed by atoms with van der Waals surface area (Å²) in [4.78, 5) is 20.8. The fraction of sp³-hybridized carbons (Fsp3) is 0.714. The summed E-state index contributed by atoms with van der Waals surface area (Å²) in [5, 5.41) is 2.41. The van der Waals surface area contributed by atoms with Gasteiger partial charge in [0.05, 0.1) is 6.04 Å². The van der Waals surface area contributed by atoms with Crippen LogP contribution in [0.25, 0.3) is 0 Å². The van der Waals surface area contributed by atoms with Gasteiger partial charge in [-0.05, 0) is 19.8 Å². The van der Waals surface area contributed by atoms with E-state index in [0.29, 0.717) is 19.4 Å². The third-order valence-corrected chi connectivity index (χ3v) is 1.51. The maximum absolute atomic E-state index is 10.6. The van der Waals surface area contributed by atoms with Gasteiger partial charge in [0.2, 0.25) is 0 Å². The Balaban J connectivity index is 3.31. The standard InChI is InChI=1S/C7H15N3O2/c1-5(11)6(8)3-2-4-10-7(9)12/h6H,2-4,8H2,1H3,(H3,9,10,12)/t6-/m0/s1. The molecule has 0 bridgehead atoms. The van der Waals surface area contributed by atoms with Crippen molar-refractivity contribution in [3.63, 3.8) is 0 Å². The van der Waals surface area contributed by atoms with Crippen molar-refractivity contribution in [2.24, 2.45) is 11.5 Å². The number of urea groups is 1. The van der Waals surface area contributed by atoms with Gasteiger partial charge in [0.1, 0.15) is 5.78 Å². The van der Waals surface area contributed by atoms with E-state index in [1.807, 2.05) is 0 Å². The highest BCUT2D eigenvalue weighted by Gasteiger charge is 2.06. The van der Waals surface area contributed by atoms with Gasteiger partial charge in [-0.1, -0.05) is 0 Å². The third-order valence-electron chi connectivity index (χ3n) is 1.51. The Morgan fingerprint density at radius 3 is 2.50 bits per heavy atom. The first-order valence-corrected chi connectivity index (χ1v) is 3.83. The molecule has 5 heteroatoms. The van der Waals surface area contributed by atoms with Crippen molar-refractivity contribution < 1.29 is 9.59 Å². The molecule has 0 aromatic rings. The van der Waals surface area contributed by atoms with Crippen LogP contribution in [0.3, 0.4) is 0 Å². The minimum atomic E-state index is -0.550. The quantitative estimate of drug-likeness (QED) is 0.482. The Bertz CT molecular complexity index is 170. The number of hydrogen-bond acceptors (Lipinski definition) is 3. The summed E-state index contributed by atoms with van der Waals surface area (Å²) in [6.07, 6.45) is 1.25. The summed E-state index contributed by atoms with van der Waals surface area (Å²) in [5.74, 6) is -0.0333. The molecular formula is C7H15N3O2. The predicted octanol–water partition coefficient (Wildman–Crippen LogP) is -0.649. The first-order chi connectivity index (χ1) is 5.54. The van der Waals surface area contributed by atoms with Crippen LogP contribution in [-0.4, -0.2) is 24.4 Å². The van der Waals surface area contributed by atoms with Crippen LogP contribution in [0.1, 0.15) is 19.8 Å². The molecule has 5 N–H and O–H groups in total. The monoisotopic (exact) mass is 173 g/mol. The minimum absolute atomic E-state index is 0.0333. The van der Waals surface area contributed by atoms with E-state index < -0.39 is 12.1 Å². The zero-order valence-corrected chi connectivity index (χ0v) is 7.17. The number of hydrogen-bond donors (Lipinski definition) is 3. The van der Waals surface area contributed by atoms with Gasteiger partial charge in [-0.25, -0.2) is 4.79 Å². The Kier molecular flexibility index (Phi) is 5.03. The average molecular weight is 173 g/mol. The first-order valence-electron chi connectivity index (χ1n) is 3.83. The van der Waals surface area contributed by atoms with Crippen LogP contribution in [-0.2, 0) is 4.79 Å². The number of primary amides is 1. The van der Waals surface area contributed by atoms with Crippen molar-refractivity contribution in [1.29, 1.82) is 0 Å². The maximum atomic E-state index is 10.6. The fourth-order valence-electron chi connectivity index (χ4n) is 0.737. The van der Waals surface area contributed by atoms with Crippen molar-refractivity contribution in [1.82, 2.24) is 5.32 Å². The van der Waals surface area contributed by atoms with E-state index in [-0.39, 0.29) is 5.78 Å². The molecule has 0 aromatic heterocycles. The molecule has 70 valence electrons. The van der Waals surface area contributed by atoms with E-state index in [1.54, 1.807) is 0 Å². The number of nitrogens with one attached hydrogen (secondary N) is 1. The Labute approximate surface area is 71.5 Å². The SMILES string of the molecule is CC(=O)[C@@H](N)CCCNC(N)=O. The molecule has 1 atom stereocenters. The number of nitrogens with two attached hydrogens (primary N) is 2. The van der Waals surface area contributed by atoms with E-state index in [1.165, 1.54) is 6.92 Å². The van der Waals surface area contributed by atoms with E-state index in [9.17, 15) is 9.59 Å². The van der Waals surface area contributed by atoms with Gasteiger partial charge >= 0.3 is 6.03 Å². The van der Waals surface area contributed by atoms with Crippen molar-refractivity contribution >= 4 is 11.8 Å². The molecule has 0 aliphatic carbocycles. The molecule has 0 aromatic carbocycles. The minimum Gasteiger partial charge on any atom is -0.352 e. The molecular weight excluding hydrogens is 158 g/mol. The number of Topliss-reactive ketones (excluding diaryl/α,β-unsaturated/α-hetero) is 1. The van der Waals surface area contributed by atoms with E-state index in [0.717, 1.165) is 0 Å². The molecule has 0 radical (unpaired) electrons. The second-order valence-corrected chi connectivity index (χ2v) is 2.65. The van der Waals surface area contributed by atoms with E-state index in [2.05, 4.69) is 5.32 Å². The molecule has 0 fully saturated rings. The molecule has 0 heterocycles. The van der Waals surface area contributed by atoms with Crippen LogP contribution in [0, 0.1) is 0 Å². The molecule has 0 unspecified atom stereocenters. The molecule has 0 rings (SSSR count). The lowest BCUT2D eigenvalue weighted by molar-refractivity contribution is -0.118. The van der Waals surface area contributed by atoms with E-state index >= 15 is 0 Å². The smallest absolute Gasteiger partial charge is 0.312 e. The maximum Gasteiger partial charge on any atom is 0.312 e. The topological polar surface area (TPSA) is 98.2 Å². The van der Waals surface area contributed by atoms with Crippen molar-refractivity contribution in [2.45, 2.75) is 25.8 Å². The van der Waals surface area contributed by atoms with Gasteiger partial charge < -0.3 is 16.8 Å². The number of amides is 2. The van der Waals surface area contributed by atoms with Gasteiger partial charge in [-0.3, -0.25) is 4.79 Å². The second kappa shape index (κ2) is 5.54. The van der Waals surface area contributed by atoms with Crippen LogP contribution >= 0.6 is 0 Å². The lowest BCUT2D eigenvalue weighted by Gasteiger charge is -2.06. The summed E-state index contributed by atoms with van der Waals surface area (Å²) < 4.78 is 0. The van der Waals surface area contributed by atoms with Crippen molar-refractivity contribution in [2.75, 3.05) is 6.54 Å². The number of carbonyl (C=O) groups is 2. The summed E-state index contributed by atoms with van der Waals surface area (Å²) in [7, 11) is 0. The molecule has 0 saturated carbocycles. The molecule has 0 saturated heterocycles. The Hall–Kier alpha value is -1.10. The average Bonchev–Trinajstić information content (AvgIpc) is 1.97. The van der Waals surface area contributed by atoms with Crippen LogP contribution in [0.15, 0.2) is 0 Å². The van der Waals surface area contributed by atoms with Crippen molar-refractivity contribution in [3.05, 3.63) is 0 Å².